The Bertz CT molecular complexity index is 1640. The second-order valence-corrected chi connectivity index (χ2v) is 11.1. The van der Waals surface area contributed by atoms with Crippen LogP contribution in [0.15, 0.2) is 51.4 Å². The predicted molar refractivity (Wildman–Crippen MR) is 144 cm³/mol. The van der Waals surface area contributed by atoms with Crippen LogP contribution in [0.4, 0.5) is 18.9 Å². The third kappa shape index (κ3) is 5.55. The topological polar surface area (TPSA) is 103 Å². The highest BCUT2D eigenvalue weighted by Crippen LogP contribution is 2.43. The highest BCUT2D eigenvalue weighted by Gasteiger charge is 2.46. The first kappa shape index (κ1) is 28.7. The molecule has 0 unspecified atom stereocenters. The number of fused-ring (bicyclic) bond motifs is 1. The number of nitrogens with zero attached hydrogens (tertiary/aromatic N) is 2. The standard InChI is InChI=1S/C26H25BrF3N3O5S/c1-4-9-20-31-15(3)23(25(34)37-5-2)33(20)14-16-10-8-13-19-21(16)22(27)24(38-19)17-11-6-7-12-18(17)32-39(35,36)26(28,29)30/h6-8,10-13,32H,4-5,9,14H2,1-3H3. The highest BCUT2D eigenvalue weighted by molar-refractivity contribution is 9.10. The van der Waals surface area contributed by atoms with Crippen LogP contribution in [-0.2, 0) is 27.7 Å². The fourth-order valence-corrected chi connectivity index (χ4v) is 5.63. The molecule has 8 nitrogen and oxygen atoms in total. The molecule has 0 aliphatic carbocycles. The molecule has 0 saturated carbocycles. The van der Waals surface area contributed by atoms with Gasteiger partial charge in [0.15, 0.2) is 11.5 Å². The lowest BCUT2D eigenvalue weighted by molar-refractivity contribution is -0.0429. The van der Waals surface area contributed by atoms with E-state index < -0.39 is 21.5 Å². The molecular formula is C26H25BrF3N3O5S. The predicted octanol–water partition coefficient (Wildman–Crippen LogP) is 6.81. The third-order valence-electron chi connectivity index (χ3n) is 5.96. The first-order valence-corrected chi connectivity index (χ1v) is 14.3. The number of carbonyl (C=O) groups is 1. The Morgan fingerprint density at radius 2 is 1.87 bits per heavy atom. The molecule has 0 atom stereocenters. The number of halogens is 4. The van der Waals surface area contributed by atoms with Crippen LogP contribution < -0.4 is 4.72 Å². The van der Waals surface area contributed by atoms with Crippen LogP contribution in [-0.4, -0.2) is 36.1 Å². The van der Waals surface area contributed by atoms with Crippen LogP contribution in [0.1, 0.15) is 47.8 Å². The van der Waals surface area contributed by atoms with Crippen molar-refractivity contribution in [3.05, 3.63) is 69.7 Å². The van der Waals surface area contributed by atoms with Crippen LogP contribution in [0, 0.1) is 6.92 Å². The number of benzene rings is 2. The molecule has 2 heterocycles. The smallest absolute Gasteiger partial charge is 0.461 e. The second kappa shape index (κ2) is 11.0. The number of hydrogen-bond donors (Lipinski definition) is 1. The van der Waals surface area contributed by atoms with Gasteiger partial charge in [0.2, 0.25) is 0 Å². The molecule has 0 saturated heterocycles. The number of rotatable bonds is 9. The SMILES string of the molecule is CCCc1nc(C)c(C(=O)OCC)n1Cc1cccc2oc(-c3ccccc3NS(=O)(=O)C(F)(F)F)c(Br)c12. The van der Waals surface area contributed by atoms with E-state index >= 15 is 0 Å². The molecule has 2 aromatic carbocycles. The van der Waals surface area contributed by atoms with Crippen molar-refractivity contribution in [3.63, 3.8) is 0 Å². The van der Waals surface area contributed by atoms with E-state index in [0.29, 0.717) is 39.1 Å². The molecule has 0 bridgehead atoms. The largest absolute Gasteiger partial charge is 0.516 e. The molecule has 0 aliphatic rings. The fraction of sp³-hybridized carbons (Fsp3) is 0.308. The van der Waals surface area contributed by atoms with Crippen molar-refractivity contribution < 1.29 is 35.5 Å². The van der Waals surface area contributed by atoms with Crippen molar-refractivity contribution in [3.8, 4) is 11.3 Å². The van der Waals surface area contributed by atoms with Gasteiger partial charge in [-0.25, -0.2) is 9.78 Å². The molecule has 0 aliphatic heterocycles. The first-order valence-electron chi connectivity index (χ1n) is 12.0. The van der Waals surface area contributed by atoms with Gasteiger partial charge in [-0.05, 0) is 60.0 Å². The lowest BCUT2D eigenvalue weighted by Crippen LogP contribution is -2.30. The van der Waals surface area contributed by atoms with E-state index in [1.807, 2.05) is 13.0 Å². The molecule has 0 fully saturated rings. The monoisotopic (exact) mass is 627 g/mol. The number of furan rings is 1. The van der Waals surface area contributed by atoms with Crippen LogP contribution in [0.3, 0.4) is 0 Å². The maximum atomic E-state index is 13.1. The summed E-state index contributed by atoms with van der Waals surface area (Å²) >= 11 is 3.52. The molecular weight excluding hydrogens is 603 g/mol. The average Bonchev–Trinajstić information content (AvgIpc) is 3.35. The summed E-state index contributed by atoms with van der Waals surface area (Å²) in [5.74, 6) is 0.357. The number of para-hydroxylation sites is 1. The Morgan fingerprint density at radius 1 is 1.15 bits per heavy atom. The van der Waals surface area contributed by atoms with Crippen LogP contribution in [0.25, 0.3) is 22.3 Å². The number of hydrogen-bond acceptors (Lipinski definition) is 6. The number of carbonyl (C=O) groups excluding carboxylic acids is 1. The summed E-state index contributed by atoms with van der Waals surface area (Å²) in [5.41, 5.74) is -3.65. The summed E-state index contributed by atoms with van der Waals surface area (Å²) in [6.07, 6.45) is 1.42. The minimum Gasteiger partial charge on any atom is -0.461 e. The fourth-order valence-electron chi connectivity index (χ4n) is 4.30. The zero-order chi connectivity index (χ0) is 28.5. The number of sulfonamides is 1. The molecule has 0 spiro atoms. The summed E-state index contributed by atoms with van der Waals surface area (Å²) < 4.78 is 77.9. The van der Waals surface area contributed by atoms with Crippen molar-refractivity contribution in [2.75, 3.05) is 11.3 Å². The summed E-state index contributed by atoms with van der Waals surface area (Å²) in [4.78, 5) is 17.4. The van der Waals surface area contributed by atoms with E-state index in [1.165, 1.54) is 18.2 Å². The van der Waals surface area contributed by atoms with Gasteiger partial charge in [-0.15, -0.1) is 0 Å². The van der Waals surface area contributed by atoms with E-state index in [4.69, 9.17) is 9.15 Å². The Kier molecular flexibility index (Phi) is 8.12. The molecule has 0 amide bonds. The molecule has 13 heteroatoms. The molecule has 208 valence electrons. The zero-order valence-corrected chi connectivity index (χ0v) is 23.6. The summed E-state index contributed by atoms with van der Waals surface area (Å²) in [6, 6.07) is 10.9. The Hall–Kier alpha value is -3.32. The molecule has 39 heavy (non-hydrogen) atoms. The van der Waals surface area contributed by atoms with E-state index in [1.54, 1.807) is 41.3 Å². The van der Waals surface area contributed by atoms with Gasteiger partial charge in [0, 0.05) is 17.4 Å². The number of nitrogens with one attached hydrogen (secondary N) is 1. The lowest BCUT2D eigenvalue weighted by atomic mass is 10.1. The average molecular weight is 628 g/mol. The van der Waals surface area contributed by atoms with Gasteiger partial charge in [0.1, 0.15) is 11.4 Å². The number of anilines is 1. The number of aromatic nitrogens is 2. The van der Waals surface area contributed by atoms with Crippen molar-refractivity contribution in [1.82, 2.24) is 9.55 Å². The molecule has 1 N–H and O–H groups in total. The number of esters is 1. The van der Waals surface area contributed by atoms with Crippen molar-refractivity contribution in [1.29, 1.82) is 0 Å². The molecule has 4 aromatic rings. The minimum absolute atomic E-state index is 0.108. The Balaban J connectivity index is 1.84. The molecule has 4 rings (SSSR count). The number of ether oxygens (including phenoxy) is 1. The van der Waals surface area contributed by atoms with Gasteiger partial charge < -0.3 is 13.7 Å². The quantitative estimate of drug-likeness (QED) is 0.205. The Morgan fingerprint density at radius 3 is 2.54 bits per heavy atom. The summed E-state index contributed by atoms with van der Waals surface area (Å²) in [6.45, 7) is 5.91. The van der Waals surface area contributed by atoms with Crippen LogP contribution in [0.5, 0.6) is 0 Å². The molecule has 2 aromatic heterocycles. The second-order valence-electron chi connectivity index (χ2n) is 8.65. The number of imidazole rings is 1. The maximum Gasteiger partial charge on any atom is 0.516 e. The van der Waals surface area contributed by atoms with E-state index in [2.05, 4.69) is 20.9 Å². The first-order chi connectivity index (χ1) is 18.4. The number of aryl methyl sites for hydroxylation is 2. The van der Waals surface area contributed by atoms with Gasteiger partial charge in [-0.3, -0.25) is 4.72 Å². The normalized spacial score (nSPS) is 12.2. The minimum atomic E-state index is -5.66. The third-order valence-corrected chi connectivity index (χ3v) is 7.81. The van der Waals surface area contributed by atoms with Crippen molar-refractivity contribution >= 4 is 48.6 Å². The summed E-state index contributed by atoms with van der Waals surface area (Å²) in [5, 5.41) is 0.615. The van der Waals surface area contributed by atoms with Gasteiger partial charge in [-0.1, -0.05) is 31.2 Å². The van der Waals surface area contributed by atoms with Crippen LogP contribution >= 0.6 is 15.9 Å². The van der Waals surface area contributed by atoms with Crippen molar-refractivity contribution in [2.24, 2.45) is 0 Å². The van der Waals surface area contributed by atoms with E-state index in [9.17, 15) is 26.4 Å². The van der Waals surface area contributed by atoms with Gasteiger partial charge >= 0.3 is 21.5 Å². The van der Waals surface area contributed by atoms with Gasteiger partial charge in [0.05, 0.1) is 29.0 Å². The van der Waals surface area contributed by atoms with Crippen molar-refractivity contribution in [2.45, 2.75) is 45.7 Å². The Labute approximate surface area is 231 Å². The summed E-state index contributed by atoms with van der Waals surface area (Å²) in [7, 11) is -5.66. The number of alkyl halides is 3. The maximum absolute atomic E-state index is 13.1. The molecule has 0 radical (unpaired) electrons. The van der Waals surface area contributed by atoms with Gasteiger partial charge in [-0.2, -0.15) is 21.6 Å². The van der Waals surface area contributed by atoms with E-state index in [0.717, 1.165) is 12.0 Å². The zero-order valence-electron chi connectivity index (χ0n) is 21.2. The van der Waals surface area contributed by atoms with Gasteiger partial charge in [0.25, 0.3) is 0 Å². The van der Waals surface area contributed by atoms with Crippen LogP contribution in [0.2, 0.25) is 0 Å². The highest BCUT2D eigenvalue weighted by atomic mass is 79.9. The van der Waals surface area contributed by atoms with E-state index in [-0.39, 0.29) is 30.2 Å². The lowest BCUT2D eigenvalue weighted by Gasteiger charge is -2.13.